The van der Waals surface area contributed by atoms with Gasteiger partial charge in [0.05, 0.1) is 12.7 Å². The summed E-state index contributed by atoms with van der Waals surface area (Å²) >= 11 is 0. The maximum atomic E-state index is 5.66. The minimum Gasteiger partial charge on any atom is -0.379 e. The van der Waals surface area contributed by atoms with Crippen LogP contribution in [0.25, 0.3) is 0 Å². The first-order chi connectivity index (χ1) is 9.75. The first-order valence-corrected chi connectivity index (χ1v) is 7.75. The lowest BCUT2D eigenvalue weighted by molar-refractivity contribution is 0.0165. The highest BCUT2D eigenvalue weighted by atomic mass is 16.5. The fraction of sp³-hybridized carbons (Fsp3) is 0.647. The summed E-state index contributed by atoms with van der Waals surface area (Å²) in [4.78, 5) is 0. The molecule has 1 aromatic rings. The molecule has 3 nitrogen and oxygen atoms in total. The third kappa shape index (κ3) is 5.23. The molecule has 1 aliphatic rings. The van der Waals surface area contributed by atoms with Gasteiger partial charge in [-0.15, -0.1) is 0 Å². The Kier molecular flexibility index (Phi) is 6.51. The topological polar surface area (TPSA) is 30.5 Å². The van der Waals surface area contributed by atoms with Crippen LogP contribution in [0.5, 0.6) is 0 Å². The van der Waals surface area contributed by atoms with Crippen molar-refractivity contribution in [2.75, 3.05) is 26.4 Å². The van der Waals surface area contributed by atoms with Crippen LogP contribution in [0.1, 0.15) is 43.4 Å². The summed E-state index contributed by atoms with van der Waals surface area (Å²) in [5.74, 6) is 0. The van der Waals surface area contributed by atoms with Crippen molar-refractivity contribution in [3.63, 3.8) is 0 Å². The molecule has 1 N–H and O–H groups in total. The molecule has 1 saturated heterocycles. The Labute approximate surface area is 122 Å². The van der Waals surface area contributed by atoms with Crippen molar-refractivity contribution in [2.45, 2.75) is 45.3 Å². The first kappa shape index (κ1) is 15.5. The Hall–Kier alpha value is -0.900. The fourth-order valence-corrected chi connectivity index (χ4v) is 2.54. The molecule has 2 rings (SSSR count). The number of ether oxygens (including phenoxy) is 2. The molecular weight excluding hydrogens is 250 g/mol. The zero-order chi connectivity index (χ0) is 14.2. The average Bonchev–Trinajstić information content (AvgIpc) is 2.95. The highest BCUT2D eigenvalue weighted by Gasteiger charge is 2.14. The number of aryl methyl sites for hydroxylation is 1. The van der Waals surface area contributed by atoms with Gasteiger partial charge < -0.3 is 14.8 Å². The van der Waals surface area contributed by atoms with Crippen LogP contribution >= 0.6 is 0 Å². The zero-order valence-electron chi connectivity index (χ0n) is 12.7. The Balaban J connectivity index is 1.54. The highest BCUT2D eigenvalue weighted by molar-refractivity contribution is 5.24. The molecule has 2 unspecified atom stereocenters. The average molecular weight is 277 g/mol. The van der Waals surface area contributed by atoms with E-state index in [4.69, 9.17) is 9.47 Å². The number of rotatable bonds is 8. The number of hydrogen-bond donors (Lipinski definition) is 1. The predicted octanol–water partition coefficient (Wildman–Crippen LogP) is 3.23. The molecular formula is C17H27NO2. The second kappa shape index (κ2) is 8.40. The molecule has 1 aromatic carbocycles. The van der Waals surface area contributed by atoms with E-state index in [1.807, 2.05) is 0 Å². The van der Waals surface area contributed by atoms with E-state index < -0.39 is 0 Å². The van der Waals surface area contributed by atoms with Crippen LogP contribution in [0.3, 0.4) is 0 Å². The predicted molar refractivity (Wildman–Crippen MR) is 82.0 cm³/mol. The molecule has 1 heterocycles. The minimum absolute atomic E-state index is 0.342. The van der Waals surface area contributed by atoms with E-state index in [0.717, 1.165) is 39.2 Å². The Morgan fingerprint density at radius 2 is 2.35 bits per heavy atom. The smallest absolute Gasteiger partial charge is 0.0809 e. The third-order valence-electron chi connectivity index (χ3n) is 3.79. The molecule has 1 fully saturated rings. The Morgan fingerprint density at radius 3 is 3.10 bits per heavy atom. The first-order valence-electron chi connectivity index (χ1n) is 7.75. The standard InChI is InChI=1S/C17H27NO2/c1-14-6-3-7-16(12-14)15(2)18-9-5-10-19-13-17-8-4-11-20-17/h3,6-7,12,15,17-18H,4-5,8-11,13H2,1-2H3. The molecule has 2 atom stereocenters. The molecule has 0 amide bonds. The van der Waals surface area contributed by atoms with Gasteiger partial charge in [-0.1, -0.05) is 29.8 Å². The molecule has 0 aliphatic carbocycles. The van der Waals surface area contributed by atoms with E-state index in [9.17, 15) is 0 Å². The van der Waals surface area contributed by atoms with Gasteiger partial charge in [0.2, 0.25) is 0 Å². The van der Waals surface area contributed by atoms with Gasteiger partial charge in [-0.2, -0.15) is 0 Å². The van der Waals surface area contributed by atoms with Crippen LogP contribution in [0, 0.1) is 6.92 Å². The lowest BCUT2D eigenvalue weighted by atomic mass is 10.1. The Morgan fingerprint density at radius 1 is 1.45 bits per heavy atom. The molecule has 0 saturated carbocycles. The van der Waals surface area contributed by atoms with Crippen molar-refractivity contribution < 1.29 is 9.47 Å². The second-order valence-corrected chi connectivity index (χ2v) is 5.65. The summed E-state index contributed by atoms with van der Waals surface area (Å²) in [6, 6.07) is 9.07. The minimum atomic E-state index is 0.342. The van der Waals surface area contributed by atoms with Crippen LogP contribution in [-0.4, -0.2) is 32.5 Å². The monoisotopic (exact) mass is 277 g/mol. The molecule has 0 bridgehead atoms. The molecule has 3 heteroatoms. The van der Waals surface area contributed by atoms with Crippen molar-refractivity contribution in [3.05, 3.63) is 35.4 Å². The van der Waals surface area contributed by atoms with Crippen molar-refractivity contribution in [2.24, 2.45) is 0 Å². The summed E-state index contributed by atoms with van der Waals surface area (Å²) in [7, 11) is 0. The van der Waals surface area contributed by atoms with Gasteiger partial charge in [0.25, 0.3) is 0 Å². The van der Waals surface area contributed by atoms with Crippen LogP contribution in [0.15, 0.2) is 24.3 Å². The number of nitrogens with one attached hydrogen (secondary N) is 1. The quantitative estimate of drug-likeness (QED) is 0.740. The van der Waals surface area contributed by atoms with E-state index in [1.165, 1.54) is 17.5 Å². The van der Waals surface area contributed by atoms with E-state index in [1.54, 1.807) is 0 Å². The SMILES string of the molecule is Cc1cccc(C(C)NCCCOCC2CCCO2)c1. The Bertz CT molecular complexity index is 388. The molecule has 0 radical (unpaired) electrons. The molecule has 0 spiro atoms. The van der Waals surface area contributed by atoms with Crippen molar-refractivity contribution >= 4 is 0 Å². The van der Waals surface area contributed by atoms with Crippen LogP contribution in [-0.2, 0) is 9.47 Å². The van der Waals surface area contributed by atoms with Gasteiger partial charge in [-0.25, -0.2) is 0 Å². The molecule has 112 valence electrons. The fourth-order valence-electron chi connectivity index (χ4n) is 2.54. The van der Waals surface area contributed by atoms with Crippen molar-refractivity contribution in [1.82, 2.24) is 5.32 Å². The summed E-state index contributed by atoms with van der Waals surface area (Å²) in [6.45, 7) is 7.81. The van der Waals surface area contributed by atoms with Gasteiger partial charge >= 0.3 is 0 Å². The van der Waals surface area contributed by atoms with Crippen molar-refractivity contribution in [1.29, 1.82) is 0 Å². The van der Waals surface area contributed by atoms with Crippen LogP contribution in [0.2, 0.25) is 0 Å². The third-order valence-corrected chi connectivity index (χ3v) is 3.79. The van der Waals surface area contributed by atoms with Crippen LogP contribution < -0.4 is 5.32 Å². The van der Waals surface area contributed by atoms with Gasteiger partial charge in [0.15, 0.2) is 0 Å². The van der Waals surface area contributed by atoms with Crippen LogP contribution in [0.4, 0.5) is 0 Å². The van der Waals surface area contributed by atoms with Gasteiger partial charge in [-0.05, 0) is 45.2 Å². The van der Waals surface area contributed by atoms with E-state index in [2.05, 4.69) is 43.4 Å². The summed E-state index contributed by atoms with van der Waals surface area (Å²) in [5.41, 5.74) is 2.67. The van der Waals surface area contributed by atoms with Gasteiger partial charge in [-0.3, -0.25) is 0 Å². The zero-order valence-corrected chi connectivity index (χ0v) is 12.7. The van der Waals surface area contributed by atoms with Gasteiger partial charge in [0, 0.05) is 19.3 Å². The summed E-state index contributed by atoms with van der Waals surface area (Å²) < 4.78 is 11.2. The van der Waals surface area contributed by atoms with Gasteiger partial charge in [0.1, 0.15) is 0 Å². The van der Waals surface area contributed by atoms with E-state index >= 15 is 0 Å². The normalized spacial score (nSPS) is 20.2. The summed E-state index contributed by atoms with van der Waals surface area (Å²) in [6.07, 6.45) is 3.73. The maximum absolute atomic E-state index is 5.66. The maximum Gasteiger partial charge on any atom is 0.0809 e. The summed E-state index contributed by atoms with van der Waals surface area (Å²) in [5, 5.41) is 3.54. The van der Waals surface area contributed by atoms with E-state index in [-0.39, 0.29) is 0 Å². The lowest BCUT2D eigenvalue weighted by Crippen LogP contribution is -2.22. The molecule has 1 aliphatic heterocycles. The number of hydrogen-bond acceptors (Lipinski definition) is 3. The number of benzene rings is 1. The highest BCUT2D eigenvalue weighted by Crippen LogP contribution is 2.14. The molecule has 0 aromatic heterocycles. The second-order valence-electron chi connectivity index (χ2n) is 5.65. The van der Waals surface area contributed by atoms with Crippen molar-refractivity contribution in [3.8, 4) is 0 Å². The largest absolute Gasteiger partial charge is 0.379 e. The lowest BCUT2D eigenvalue weighted by Gasteiger charge is -2.15. The molecule has 20 heavy (non-hydrogen) atoms. The van der Waals surface area contributed by atoms with E-state index in [0.29, 0.717) is 12.1 Å².